The Labute approximate surface area is 38.4 Å². The summed E-state index contributed by atoms with van der Waals surface area (Å²) in [6.07, 6.45) is 0.973. The molecule has 6 heavy (non-hydrogen) atoms. The van der Waals surface area contributed by atoms with Crippen molar-refractivity contribution in [2.24, 2.45) is 0 Å². The molecule has 0 aliphatic rings. The minimum absolute atomic E-state index is 0.145. The van der Waals surface area contributed by atoms with Crippen molar-refractivity contribution in [2.75, 3.05) is 6.61 Å². The zero-order valence-corrected chi connectivity index (χ0v) is 3.98. The summed E-state index contributed by atoms with van der Waals surface area (Å²) in [6.45, 7) is 2.66. The van der Waals surface area contributed by atoms with Gasteiger partial charge in [0.1, 0.15) is 0 Å². The van der Waals surface area contributed by atoms with E-state index in [1.54, 1.807) is 0 Å². The Bertz CT molecular complexity index is 20.8. The summed E-state index contributed by atoms with van der Waals surface area (Å²) in [4.78, 5) is 0. The van der Waals surface area contributed by atoms with Crippen LogP contribution < -0.4 is 0 Å². The van der Waals surface area contributed by atoms with Crippen molar-refractivity contribution in [3.8, 4) is 0 Å². The SMILES string of the molecule is CCCOBO. The topological polar surface area (TPSA) is 29.5 Å². The summed E-state index contributed by atoms with van der Waals surface area (Å²) in [5, 5.41) is 7.98. The molecule has 0 aromatic rings. The predicted molar refractivity (Wildman–Crippen MR) is 25.6 cm³/mol. The summed E-state index contributed by atoms with van der Waals surface area (Å²) >= 11 is 0. The first-order chi connectivity index (χ1) is 2.91. The molecule has 0 spiro atoms. The van der Waals surface area contributed by atoms with E-state index < -0.39 is 0 Å². The van der Waals surface area contributed by atoms with E-state index >= 15 is 0 Å². The summed E-state index contributed by atoms with van der Waals surface area (Å²) in [5.41, 5.74) is 0. The predicted octanol–water partition coefficient (Wildman–Crippen LogP) is -0.328. The van der Waals surface area contributed by atoms with E-state index in [1.165, 1.54) is 0 Å². The molecule has 0 atom stereocenters. The molecule has 0 aliphatic carbocycles. The van der Waals surface area contributed by atoms with Crippen molar-refractivity contribution >= 4 is 7.69 Å². The Kier molecular flexibility index (Phi) is 4.97. The van der Waals surface area contributed by atoms with Gasteiger partial charge in [-0.25, -0.2) is 0 Å². The zero-order chi connectivity index (χ0) is 4.83. The fourth-order valence-corrected chi connectivity index (χ4v) is 0.209. The standard InChI is InChI=1S/C3H9BO2/c1-2-3-6-4-5/h4-5H,2-3H2,1H3. The Morgan fingerprint density at radius 2 is 2.50 bits per heavy atom. The lowest BCUT2D eigenvalue weighted by Gasteiger charge is -1.89. The minimum atomic E-state index is -0.145. The minimum Gasteiger partial charge on any atom is -0.430 e. The first kappa shape index (κ1) is 5.98. The second-order valence-corrected chi connectivity index (χ2v) is 1.04. The van der Waals surface area contributed by atoms with E-state index in [-0.39, 0.29) is 7.69 Å². The Morgan fingerprint density at radius 3 is 2.67 bits per heavy atom. The molecular formula is C3H9BO2. The molecule has 3 heteroatoms. The van der Waals surface area contributed by atoms with E-state index in [9.17, 15) is 0 Å². The van der Waals surface area contributed by atoms with Crippen molar-refractivity contribution in [3.05, 3.63) is 0 Å². The summed E-state index contributed by atoms with van der Waals surface area (Å²) < 4.78 is 4.54. The van der Waals surface area contributed by atoms with Gasteiger partial charge in [0, 0.05) is 6.61 Å². The Balaban J connectivity index is 2.34. The highest BCUT2D eigenvalue weighted by Gasteiger charge is 1.77. The highest BCUT2D eigenvalue weighted by atomic mass is 16.5. The van der Waals surface area contributed by atoms with Crippen molar-refractivity contribution < 1.29 is 9.68 Å². The van der Waals surface area contributed by atoms with Crippen LogP contribution in [0.5, 0.6) is 0 Å². The second kappa shape index (κ2) is 4.98. The van der Waals surface area contributed by atoms with E-state index in [0.717, 1.165) is 6.42 Å². The van der Waals surface area contributed by atoms with Gasteiger partial charge in [-0.1, -0.05) is 6.92 Å². The average molecular weight is 87.9 g/mol. The Morgan fingerprint density at radius 1 is 1.83 bits per heavy atom. The average Bonchev–Trinajstić information content (AvgIpc) is 1.61. The second-order valence-electron chi connectivity index (χ2n) is 1.04. The highest BCUT2D eigenvalue weighted by molar-refractivity contribution is 6.15. The van der Waals surface area contributed by atoms with Gasteiger partial charge in [-0.05, 0) is 6.42 Å². The highest BCUT2D eigenvalue weighted by Crippen LogP contribution is 1.72. The van der Waals surface area contributed by atoms with Crippen molar-refractivity contribution in [2.45, 2.75) is 13.3 Å². The lowest BCUT2D eigenvalue weighted by Crippen LogP contribution is -1.96. The molecule has 0 fully saturated rings. The molecule has 0 aromatic heterocycles. The monoisotopic (exact) mass is 88.1 g/mol. The van der Waals surface area contributed by atoms with Gasteiger partial charge in [-0.3, -0.25) is 0 Å². The van der Waals surface area contributed by atoms with Gasteiger partial charge in [-0.15, -0.1) is 0 Å². The molecule has 0 aliphatic heterocycles. The largest absolute Gasteiger partial charge is 0.435 e. The van der Waals surface area contributed by atoms with Crippen molar-refractivity contribution in [1.29, 1.82) is 0 Å². The normalized spacial score (nSPS) is 8.33. The summed E-state index contributed by atoms with van der Waals surface area (Å²) in [6, 6.07) is 0. The zero-order valence-electron chi connectivity index (χ0n) is 3.98. The van der Waals surface area contributed by atoms with Crippen molar-refractivity contribution in [1.82, 2.24) is 0 Å². The third-order valence-electron chi connectivity index (χ3n) is 0.440. The third kappa shape index (κ3) is 3.98. The van der Waals surface area contributed by atoms with Gasteiger partial charge in [0.15, 0.2) is 0 Å². The van der Waals surface area contributed by atoms with Gasteiger partial charge in [0.05, 0.1) is 0 Å². The van der Waals surface area contributed by atoms with Gasteiger partial charge in [-0.2, -0.15) is 0 Å². The van der Waals surface area contributed by atoms with Crippen LogP contribution in [0.3, 0.4) is 0 Å². The molecular weight excluding hydrogens is 78.8 g/mol. The lowest BCUT2D eigenvalue weighted by atomic mass is 10.4. The molecule has 0 saturated carbocycles. The quantitative estimate of drug-likeness (QED) is 0.378. The van der Waals surface area contributed by atoms with Crippen LogP contribution >= 0.6 is 0 Å². The third-order valence-corrected chi connectivity index (χ3v) is 0.440. The molecule has 0 amide bonds. The number of hydrogen-bond acceptors (Lipinski definition) is 2. The number of rotatable bonds is 3. The fourth-order valence-electron chi connectivity index (χ4n) is 0.209. The van der Waals surface area contributed by atoms with E-state index in [2.05, 4.69) is 4.65 Å². The summed E-state index contributed by atoms with van der Waals surface area (Å²) in [5.74, 6) is 0. The maximum absolute atomic E-state index is 7.98. The molecule has 0 bridgehead atoms. The lowest BCUT2D eigenvalue weighted by molar-refractivity contribution is 0.284. The maximum atomic E-state index is 7.98. The van der Waals surface area contributed by atoms with Crippen LogP contribution in [0.1, 0.15) is 13.3 Å². The smallest absolute Gasteiger partial charge is 0.430 e. The van der Waals surface area contributed by atoms with Crippen LogP contribution in [0, 0.1) is 0 Å². The van der Waals surface area contributed by atoms with Gasteiger partial charge in [0.25, 0.3) is 0 Å². The molecule has 0 aromatic carbocycles. The van der Waals surface area contributed by atoms with Crippen LogP contribution in [0.15, 0.2) is 0 Å². The number of hydrogen-bond donors (Lipinski definition) is 1. The molecule has 1 N–H and O–H groups in total. The fraction of sp³-hybridized carbons (Fsp3) is 1.00. The van der Waals surface area contributed by atoms with E-state index in [4.69, 9.17) is 5.02 Å². The van der Waals surface area contributed by atoms with Crippen LogP contribution in [0.4, 0.5) is 0 Å². The molecule has 0 saturated heterocycles. The van der Waals surface area contributed by atoms with Gasteiger partial charge in [0.2, 0.25) is 0 Å². The van der Waals surface area contributed by atoms with Crippen LogP contribution in [0.2, 0.25) is 0 Å². The Hall–Kier alpha value is -0.0151. The van der Waals surface area contributed by atoms with E-state index in [1.807, 2.05) is 6.92 Å². The van der Waals surface area contributed by atoms with Crippen LogP contribution in [-0.2, 0) is 4.65 Å². The first-order valence-electron chi connectivity index (χ1n) is 2.10. The molecule has 0 unspecified atom stereocenters. The molecule has 36 valence electrons. The van der Waals surface area contributed by atoms with Crippen molar-refractivity contribution in [3.63, 3.8) is 0 Å². The molecule has 0 radical (unpaired) electrons. The summed E-state index contributed by atoms with van der Waals surface area (Å²) in [7, 11) is -0.145. The maximum Gasteiger partial charge on any atom is 0.435 e. The molecule has 0 heterocycles. The first-order valence-corrected chi connectivity index (χ1v) is 2.10. The van der Waals surface area contributed by atoms with E-state index in [0.29, 0.717) is 6.61 Å². The van der Waals surface area contributed by atoms with Gasteiger partial charge < -0.3 is 9.68 Å². The molecule has 0 rings (SSSR count). The van der Waals surface area contributed by atoms with Crippen LogP contribution in [-0.4, -0.2) is 19.3 Å². The van der Waals surface area contributed by atoms with Gasteiger partial charge >= 0.3 is 7.69 Å². The molecule has 2 nitrogen and oxygen atoms in total. The van der Waals surface area contributed by atoms with Crippen LogP contribution in [0.25, 0.3) is 0 Å².